The molecule has 204 valence electrons. The lowest BCUT2D eigenvalue weighted by Crippen LogP contribution is -2.53. The standard InChI is InChI=1S/C28H37FN6O3/c1-19(2)21-9-10-23(30-16-21)26(20-7-5-4-6-8-20)32-27(37)24-15-22(29)18-35(24)25(36)17-31-28(38)34-13-11-33(3)12-14-34/h4-10,16,19,22,24,26H,11-15,17-18H2,1-3H3,(H,31,38)(H,32,37). The van der Waals surface area contributed by atoms with Crippen molar-refractivity contribution in [1.29, 1.82) is 0 Å². The van der Waals surface area contributed by atoms with Crippen LogP contribution in [0.4, 0.5) is 9.18 Å². The largest absolute Gasteiger partial charge is 0.342 e. The van der Waals surface area contributed by atoms with Gasteiger partial charge >= 0.3 is 6.03 Å². The van der Waals surface area contributed by atoms with Gasteiger partial charge in [-0.05, 0) is 30.2 Å². The minimum atomic E-state index is -1.32. The molecule has 2 saturated heterocycles. The van der Waals surface area contributed by atoms with E-state index in [9.17, 15) is 18.8 Å². The number of nitrogens with zero attached hydrogens (tertiary/aromatic N) is 4. The first-order valence-corrected chi connectivity index (χ1v) is 13.2. The summed E-state index contributed by atoms with van der Waals surface area (Å²) >= 11 is 0. The SMILES string of the molecule is CC(C)c1ccc(C(NC(=O)C2CC(F)CN2C(=O)CNC(=O)N2CCN(C)CC2)c2ccccc2)nc1. The lowest BCUT2D eigenvalue weighted by molar-refractivity contribution is -0.137. The van der Waals surface area contributed by atoms with Crippen LogP contribution in [-0.4, -0.2) is 96.1 Å². The van der Waals surface area contributed by atoms with Gasteiger partial charge in [-0.25, -0.2) is 9.18 Å². The quantitative estimate of drug-likeness (QED) is 0.580. The molecule has 1 aromatic heterocycles. The fourth-order valence-electron chi connectivity index (χ4n) is 4.82. The molecule has 2 aliphatic rings. The molecule has 9 nitrogen and oxygen atoms in total. The number of alkyl halides is 1. The van der Waals surface area contributed by atoms with Gasteiger partial charge in [0.05, 0.1) is 24.8 Å². The number of benzene rings is 1. The Hall–Kier alpha value is -3.53. The van der Waals surface area contributed by atoms with Gasteiger partial charge in [-0.2, -0.15) is 0 Å². The van der Waals surface area contributed by atoms with E-state index < -0.39 is 30.1 Å². The molecule has 2 aromatic rings. The zero-order valence-corrected chi connectivity index (χ0v) is 22.3. The molecule has 38 heavy (non-hydrogen) atoms. The maximum absolute atomic E-state index is 14.5. The van der Waals surface area contributed by atoms with Gasteiger partial charge in [0.25, 0.3) is 0 Å². The highest BCUT2D eigenvalue weighted by Gasteiger charge is 2.40. The minimum Gasteiger partial charge on any atom is -0.342 e. The summed E-state index contributed by atoms with van der Waals surface area (Å²) in [6, 6.07) is 11.4. The van der Waals surface area contributed by atoms with Crippen LogP contribution >= 0.6 is 0 Å². The molecule has 0 radical (unpaired) electrons. The number of amides is 4. The highest BCUT2D eigenvalue weighted by molar-refractivity contribution is 5.91. The number of hydrogen-bond donors (Lipinski definition) is 2. The van der Waals surface area contributed by atoms with Crippen LogP contribution in [0.5, 0.6) is 0 Å². The number of halogens is 1. The first-order chi connectivity index (χ1) is 18.2. The fourth-order valence-corrected chi connectivity index (χ4v) is 4.82. The van der Waals surface area contributed by atoms with Crippen molar-refractivity contribution in [2.75, 3.05) is 46.3 Å². The molecule has 2 N–H and O–H groups in total. The maximum atomic E-state index is 14.5. The number of carbonyl (C=O) groups is 3. The van der Waals surface area contributed by atoms with Gasteiger partial charge < -0.3 is 25.3 Å². The Morgan fingerprint density at radius 2 is 1.74 bits per heavy atom. The number of likely N-dealkylation sites (N-methyl/N-ethyl adjacent to an activating group) is 1. The highest BCUT2D eigenvalue weighted by atomic mass is 19.1. The van der Waals surface area contributed by atoms with E-state index in [1.54, 1.807) is 11.1 Å². The number of carbonyl (C=O) groups excluding carboxylic acids is 3. The molecule has 1 aromatic carbocycles. The zero-order chi connectivity index (χ0) is 27.2. The van der Waals surface area contributed by atoms with E-state index in [0.717, 1.165) is 24.2 Å². The van der Waals surface area contributed by atoms with Crippen molar-refractivity contribution in [3.05, 3.63) is 65.5 Å². The topological polar surface area (TPSA) is 97.9 Å². The summed E-state index contributed by atoms with van der Waals surface area (Å²) in [6.07, 6.45) is 0.390. The third-order valence-electron chi connectivity index (χ3n) is 7.25. The summed E-state index contributed by atoms with van der Waals surface area (Å²) in [5, 5.41) is 5.64. The van der Waals surface area contributed by atoms with Crippen LogP contribution in [0.2, 0.25) is 0 Å². The summed E-state index contributed by atoms with van der Waals surface area (Å²) in [7, 11) is 1.99. The number of urea groups is 1. The summed E-state index contributed by atoms with van der Waals surface area (Å²) < 4.78 is 14.5. The third kappa shape index (κ3) is 6.66. The minimum absolute atomic E-state index is 0.0921. The Morgan fingerprint density at radius 1 is 1.03 bits per heavy atom. The van der Waals surface area contributed by atoms with Crippen molar-refractivity contribution in [1.82, 2.24) is 30.3 Å². The molecule has 4 rings (SSSR count). The second-order valence-electron chi connectivity index (χ2n) is 10.4. The summed E-state index contributed by atoms with van der Waals surface area (Å²) in [5.41, 5.74) is 2.57. The zero-order valence-electron chi connectivity index (χ0n) is 22.3. The smallest absolute Gasteiger partial charge is 0.317 e. The predicted molar refractivity (Wildman–Crippen MR) is 142 cm³/mol. The van der Waals surface area contributed by atoms with Crippen LogP contribution < -0.4 is 10.6 Å². The molecule has 2 aliphatic heterocycles. The van der Waals surface area contributed by atoms with Crippen LogP contribution in [-0.2, 0) is 9.59 Å². The van der Waals surface area contributed by atoms with E-state index in [1.165, 1.54) is 4.90 Å². The Kier molecular flexibility index (Phi) is 8.93. The van der Waals surface area contributed by atoms with E-state index in [2.05, 4.69) is 34.4 Å². The van der Waals surface area contributed by atoms with Crippen LogP contribution in [0.3, 0.4) is 0 Å². The average Bonchev–Trinajstić information content (AvgIpc) is 3.33. The second-order valence-corrected chi connectivity index (χ2v) is 10.4. The molecule has 0 spiro atoms. The van der Waals surface area contributed by atoms with Gasteiger partial charge in [-0.3, -0.25) is 14.6 Å². The number of likely N-dealkylation sites (tertiary alicyclic amines) is 1. The third-order valence-corrected chi connectivity index (χ3v) is 7.25. The monoisotopic (exact) mass is 524 g/mol. The maximum Gasteiger partial charge on any atom is 0.317 e. The Bertz CT molecular complexity index is 1110. The van der Waals surface area contributed by atoms with Crippen molar-refractivity contribution in [2.24, 2.45) is 0 Å². The van der Waals surface area contributed by atoms with Gasteiger partial charge in [0.15, 0.2) is 0 Å². The molecule has 0 aliphatic carbocycles. The number of aromatic nitrogens is 1. The van der Waals surface area contributed by atoms with Gasteiger partial charge in [0.1, 0.15) is 12.2 Å². The molecule has 3 unspecified atom stereocenters. The number of rotatable bonds is 7. The molecular weight excluding hydrogens is 487 g/mol. The molecule has 2 fully saturated rings. The van der Waals surface area contributed by atoms with Crippen molar-refractivity contribution >= 4 is 17.8 Å². The van der Waals surface area contributed by atoms with Crippen molar-refractivity contribution in [3.63, 3.8) is 0 Å². The van der Waals surface area contributed by atoms with Crippen molar-refractivity contribution < 1.29 is 18.8 Å². The van der Waals surface area contributed by atoms with Crippen LogP contribution in [0, 0.1) is 0 Å². The summed E-state index contributed by atoms with van der Waals surface area (Å²) in [6.45, 7) is 6.36. The Labute approximate surface area is 223 Å². The first-order valence-electron chi connectivity index (χ1n) is 13.2. The lowest BCUT2D eigenvalue weighted by atomic mass is 10.00. The van der Waals surface area contributed by atoms with Crippen molar-refractivity contribution in [3.8, 4) is 0 Å². The Balaban J connectivity index is 1.44. The molecule has 0 saturated carbocycles. The first kappa shape index (κ1) is 27.5. The summed E-state index contributed by atoms with van der Waals surface area (Å²) in [5.74, 6) is -0.617. The van der Waals surface area contributed by atoms with Gasteiger partial charge in [0, 0.05) is 38.8 Å². The number of nitrogens with one attached hydrogen (secondary N) is 2. The molecular formula is C28H37FN6O3. The lowest BCUT2D eigenvalue weighted by Gasteiger charge is -2.32. The normalized spacial score (nSPS) is 20.9. The van der Waals surface area contributed by atoms with Gasteiger partial charge in [-0.1, -0.05) is 50.2 Å². The molecule has 4 amide bonds. The number of pyridine rings is 1. The molecule has 10 heteroatoms. The van der Waals surface area contributed by atoms with Crippen LogP contribution in [0.15, 0.2) is 48.7 Å². The van der Waals surface area contributed by atoms with Crippen LogP contribution in [0.25, 0.3) is 0 Å². The summed E-state index contributed by atoms with van der Waals surface area (Å²) in [4.78, 5) is 48.6. The number of hydrogen-bond acceptors (Lipinski definition) is 5. The van der Waals surface area contributed by atoms with E-state index in [-0.39, 0.29) is 25.5 Å². The predicted octanol–water partition coefficient (Wildman–Crippen LogP) is 2.31. The average molecular weight is 525 g/mol. The van der Waals surface area contributed by atoms with E-state index >= 15 is 0 Å². The molecule has 3 heterocycles. The van der Waals surface area contributed by atoms with E-state index in [0.29, 0.717) is 24.7 Å². The van der Waals surface area contributed by atoms with Gasteiger partial charge in [0.2, 0.25) is 11.8 Å². The van der Waals surface area contributed by atoms with Crippen molar-refractivity contribution in [2.45, 2.75) is 44.4 Å². The van der Waals surface area contributed by atoms with Gasteiger partial charge in [-0.15, -0.1) is 0 Å². The van der Waals surface area contributed by atoms with Crippen LogP contribution in [0.1, 0.15) is 49.0 Å². The number of piperazine rings is 1. The fraction of sp³-hybridized carbons (Fsp3) is 0.500. The van der Waals surface area contributed by atoms with E-state index in [4.69, 9.17) is 0 Å². The molecule has 0 bridgehead atoms. The van der Waals surface area contributed by atoms with E-state index in [1.807, 2.05) is 49.5 Å². The Morgan fingerprint density at radius 3 is 2.37 bits per heavy atom. The highest BCUT2D eigenvalue weighted by Crippen LogP contribution is 2.25. The molecule has 3 atom stereocenters. The second kappa shape index (κ2) is 12.3.